The Kier molecular flexibility index (Phi) is 4.41. The van der Waals surface area contributed by atoms with E-state index in [1.807, 2.05) is 11.8 Å². The van der Waals surface area contributed by atoms with Crippen molar-refractivity contribution in [3.63, 3.8) is 0 Å². The number of rotatable bonds is 4. The van der Waals surface area contributed by atoms with Gasteiger partial charge in [0.25, 0.3) is 5.56 Å². The molecule has 1 aliphatic carbocycles. The van der Waals surface area contributed by atoms with E-state index in [0.717, 1.165) is 12.8 Å². The Hall–Kier alpha value is -2.55. The van der Waals surface area contributed by atoms with Gasteiger partial charge in [0.05, 0.1) is 12.5 Å². The van der Waals surface area contributed by atoms with Crippen LogP contribution >= 0.6 is 0 Å². The molecular formula is C20H28FN5O3. The molecule has 2 fully saturated rings. The number of ether oxygens (including phenoxy) is 1. The van der Waals surface area contributed by atoms with Crippen LogP contribution in [0.2, 0.25) is 0 Å². The molecule has 2 heterocycles. The van der Waals surface area contributed by atoms with Crippen LogP contribution in [0.25, 0.3) is 10.9 Å². The van der Waals surface area contributed by atoms with Crippen molar-refractivity contribution in [1.82, 2.24) is 9.24 Å². The number of nitrogens with zero attached hydrogens (tertiary/aromatic N) is 3. The minimum Gasteiger partial charge on any atom is -0.492 e. The highest BCUT2D eigenvalue weighted by Gasteiger charge is 2.43. The lowest BCUT2D eigenvalue weighted by molar-refractivity contribution is 0.256. The maximum Gasteiger partial charge on any atom is 0.350 e. The summed E-state index contributed by atoms with van der Waals surface area (Å²) < 4.78 is 23.0. The van der Waals surface area contributed by atoms with E-state index in [9.17, 15) is 9.59 Å². The van der Waals surface area contributed by atoms with Crippen LogP contribution in [0.4, 0.5) is 10.1 Å². The summed E-state index contributed by atoms with van der Waals surface area (Å²) >= 11 is 0. The number of halogens is 1. The number of nitrogen functional groups attached to an aromatic ring is 1. The summed E-state index contributed by atoms with van der Waals surface area (Å²) in [5.74, 6) is 5.47. The Balaban J connectivity index is 2.01. The molecule has 1 saturated heterocycles. The summed E-state index contributed by atoms with van der Waals surface area (Å²) in [5, 5.41) is 0.0410. The van der Waals surface area contributed by atoms with Crippen LogP contribution in [0.15, 0.2) is 15.7 Å². The van der Waals surface area contributed by atoms with E-state index in [0.29, 0.717) is 23.3 Å². The molecular weight excluding hydrogens is 377 g/mol. The fourth-order valence-corrected chi connectivity index (χ4v) is 4.80. The van der Waals surface area contributed by atoms with Gasteiger partial charge in [-0.05, 0) is 37.2 Å². The van der Waals surface area contributed by atoms with Crippen LogP contribution in [-0.2, 0) is 0 Å². The van der Waals surface area contributed by atoms with Crippen molar-refractivity contribution in [2.45, 2.75) is 45.7 Å². The molecule has 2 aliphatic rings. The predicted octanol–water partition coefficient (Wildman–Crippen LogP) is 1.17. The zero-order valence-corrected chi connectivity index (χ0v) is 17.2. The van der Waals surface area contributed by atoms with Crippen molar-refractivity contribution < 1.29 is 9.13 Å². The topological polar surface area (TPSA) is 109 Å². The third kappa shape index (κ3) is 2.90. The molecule has 2 atom stereocenters. The number of benzene rings is 1. The molecule has 1 saturated carbocycles. The molecule has 9 heteroatoms. The van der Waals surface area contributed by atoms with Crippen molar-refractivity contribution in [2.24, 2.45) is 17.1 Å². The molecule has 0 amide bonds. The van der Waals surface area contributed by atoms with Gasteiger partial charge in [-0.3, -0.25) is 9.36 Å². The second-order valence-electron chi connectivity index (χ2n) is 9.03. The summed E-state index contributed by atoms with van der Waals surface area (Å²) in [7, 11) is 1.43. The van der Waals surface area contributed by atoms with Gasteiger partial charge in [-0.15, -0.1) is 0 Å². The van der Waals surface area contributed by atoms with Gasteiger partial charge < -0.3 is 21.2 Å². The first-order valence-electron chi connectivity index (χ1n) is 9.91. The van der Waals surface area contributed by atoms with E-state index in [4.69, 9.17) is 16.3 Å². The Labute approximate surface area is 167 Å². The third-order valence-electron chi connectivity index (χ3n) is 6.37. The molecule has 0 spiro atoms. The van der Waals surface area contributed by atoms with Gasteiger partial charge in [0, 0.05) is 25.2 Å². The van der Waals surface area contributed by atoms with E-state index in [2.05, 4.69) is 13.8 Å². The number of methoxy groups -OCH3 is 1. The second kappa shape index (κ2) is 6.48. The van der Waals surface area contributed by atoms with E-state index in [-0.39, 0.29) is 40.2 Å². The molecule has 0 radical (unpaired) electrons. The number of hydrogen-bond acceptors (Lipinski definition) is 6. The van der Waals surface area contributed by atoms with Gasteiger partial charge in [0.2, 0.25) is 0 Å². The molecule has 1 aromatic carbocycles. The number of hydrogen-bond donors (Lipinski definition) is 2. The minimum absolute atomic E-state index is 0.0410. The average Bonchev–Trinajstić information content (AvgIpc) is 3.42. The van der Waals surface area contributed by atoms with Crippen LogP contribution < -0.4 is 32.5 Å². The lowest BCUT2D eigenvalue weighted by atomic mass is 9.78. The zero-order chi connectivity index (χ0) is 21.2. The molecule has 1 aromatic heterocycles. The Bertz CT molecular complexity index is 1100. The van der Waals surface area contributed by atoms with E-state index >= 15 is 4.39 Å². The molecule has 4 rings (SSSR count). The van der Waals surface area contributed by atoms with Crippen molar-refractivity contribution in [2.75, 3.05) is 30.9 Å². The molecule has 2 unspecified atom stereocenters. The van der Waals surface area contributed by atoms with Gasteiger partial charge in [0.15, 0.2) is 11.6 Å². The van der Waals surface area contributed by atoms with Gasteiger partial charge in [-0.25, -0.2) is 9.18 Å². The van der Waals surface area contributed by atoms with Crippen LogP contribution in [0.3, 0.4) is 0 Å². The first kappa shape index (κ1) is 19.8. The van der Waals surface area contributed by atoms with Gasteiger partial charge in [0.1, 0.15) is 11.2 Å². The maximum atomic E-state index is 15.3. The van der Waals surface area contributed by atoms with Crippen LogP contribution in [-0.4, -0.2) is 35.5 Å². The van der Waals surface area contributed by atoms with E-state index in [1.54, 1.807) is 0 Å². The van der Waals surface area contributed by atoms with Gasteiger partial charge in [-0.1, -0.05) is 13.8 Å². The highest BCUT2D eigenvalue weighted by Crippen LogP contribution is 2.46. The quantitative estimate of drug-likeness (QED) is 0.739. The Morgan fingerprint density at radius 1 is 1.31 bits per heavy atom. The van der Waals surface area contributed by atoms with E-state index in [1.165, 1.54) is 17.7 Å². The predicted molar refractivity (Wildman–Crippen MR) is 111 cm³/mol. The van der Waals surface area contributed by atoms with Gasteiger partial charge in [-0.2, -0.15) is 4.68 Å². The van der Waals surface area contributed by atoms with Crippen molar-refractivity contribution in [1.29, 1.82) is 0 Å². The standard InChI is InChI=1S/C20H28FN5O3/c1-10(22)13-8-24(9-20(13,2)3)16-14(21)7-12-15(17(16)29-4)25(11-5-6-11)19(28)26(23)18(12)27/h7,10-11,13H,5-6,8-9,22-23H2,1-4H3. The number of fused-ring (bicyclic) bond motifs is 1. The lowest BCUT2D eigenvalue weighted by Gasteiger charge is -2.28. The monoisotopic (exact) mass is 405 g/mol. The van der Waals surface area contributed by atoms with Crippen molar-refractivity contribution in [3.8, 4) is 5.75 Å². The normalized spacial score (nSPS) is 22.3. The highest BCUT2D eigenvalue weighted by molar-refractivity contribution is 5.91. The molecule has 158 valence electrons. The number of anilines is 1. The highest BCUT2D eigenvalue weighted by atomic mass is 19.1. The van der Waals surface area contributed by atoms with Crippen LogP contribution in [0.5, 0.6) is 5.75 Å². The smallest absolute Gasteiger partial charge is 0.350 e. The second-order valence-corrected chi connectivity index (χ2v) is 9.03. The number of nitrogens with two attached hydrogens (primary N) is 2. The van der Waals surface area contributed by atoms with Gasteiger partial charge >= 0.3 is 5.69 Å². The maximum absolute atomic E-state index is 15.3. The summed E-state index contributed by atoms with van der Waals surface area (Å²) in [4.78, 5) is 27.3. The molecule has 1 aliphatic heterocycles. The summed E-state index contributed by atoms with van der Waals surface area (Å²) in [5.41, 5.74) is 5.28. The summed E-state index contributed by atoms with van der Waals surface area (Å²) in [6, 6.07) is 1.04. The first-order chi connectivity index (χ1) is 13.6. The largest absolute Gasteiger partial charge is 0.492 e. The average molecular weight is 405 g/mol. The fourth-order valence-electron chi connectivity index (χ4n) is 4.80. The molecule has 0 bridgehead atoms. The number of aromatic nitrogens is 2. The van der Waals surface area contributed by atoms with E-state index < -0.39 is 17.1 Å². The fraction of sp³-hybridized carbons (Fsp3) is 0.600. The Morgan fingerprint density at radius 3 is 2.48 bits per heavy atom. The molecule has 4 N–H and O–H groups in total. The minimum atomic E-state index is -0.735. The molecule has 2 aromatic rings. The zero-order valence-electron chi connectivity index (χ0n) is 17.2. The third-order valence-corrected chi connectivity index (χ3v) is 6.37. The van der Waals surface area contributed by atoms with Crippen molar-refractivity contribution in [3.05, 3.63) is 32.7 Å². The Morgan fingerprint density at radius 2 is 1.97 bits per heavy atom. The lowest BCUT2D eigenvalue weighted by Crippen LogP contribution is -2.44. The SMILES string of the molecule is COc1c(N2CC(C(C)N)C(C)(C)C2)c(F)cc2c(=O)n(N)c(=O)n(C3CC3)c12. The van der Waals surface area contributed by atoms with Crippen LogP contribution in [0, 0.1) is 17.2 Å². The molecule has 8 nitrogen and oxygen atoms in total. The summed E-state index contributed by atoms with van der Waals surface area (Å²) in [6.45, 7) is 7.32. The van der Waals surface area contributed by atoms with Crippen molar-refractivity contribution >= 4 is 16.6 Å². The first-order valence-corrected chi connectivity index (χ1v) is 9.91. The van der Waals surface area contributed by atoms with Crippen LogP contribution in [0.1, 0.15) is 39.7 Å². The summed E-state index contributed by atoms with van der Waals surface area (Å²) in [6.07, 6.45) is 1.60. The molecule has 29 heavy (non-hydrogen) atoms.